The fourth-order valence-corrected chi connectivity index (χ4v) is 5.34. The van der Waals surface area contributed by atoms with Crippen LogP contribution in [0.3, 0.4) is 0 Å². The van der Waals surface area contributed by atoms with Crippen molar-refractivity contribution in [1.82, 2.24) is 20.9 Å². The standard InChI is InChI=1S/C31H50N8O8/c1-17(2)14-24(29(45)39-13-5-6-20(39)16-25(42)38-26(18(3)40)30(46)47)37-28(44)23(15-19-8-10-21(41)11-9-19)36-27(43)22(32)7-4-12-35-31(33)34/h8-11,17-18,20,22-24,26,40-41H,4-7,12-16,32H2,1-3H3,(H,36,43)(H,37,44)(H,38,42)(H,46,47)(H4,33,34,35)/t18-,20+,22+,23+,24+,26+/m1/s1. The molecular formula is C31H50N8O8. The highest BCUT2D eigenvalue weighted by atomic mass is 16.4. The fraction of sp³-hybridized carbons (Fsp3) is 0.613. The smallest absolute Gasteiger partial charge is 0.328 e. The van der Waals surface area contributed by atoms with E-state index in [2.05, 4.69) is 20.9 Å². The van der Waals surface area contributed by atoms with Crippen LogP contribution in [0, 0.1) is 5.92 Å². The zero-order chi connectivity index (χ0) is 35.3. The summed E-state index contributed by atoms with van der Waals surface area (Å²) in [5.41, 5.74) is 17.4. The number of phenols is 1. The number of aliphatic carboxylic acids is 1. The number of carboxylic acid groups (broad SMARTS) is 1. The molecule has 0 radical (unpaired) electrons. The molecule has 12 N–H and O–H groups in total. The van der Waals surface area contributed by atoms with Crippen LogP contribution in [0.2, 0.25) is 0 Å². The van der Waals surface area contributed by atoms with E-state index in [1.54, 1.807) is 12.1 Å². The molecule has 2 rings (SSSR count). The molecule has 1 fully saturated rings. The number of likely N-dealkylation sites (tertiary alicyclic amines) is 1. The average molecular weight is 663 g/mol. The van der Waals surface area contributed by atoms with Gasteiger partial charge < -0.3 is 53.4 Å². The predicted molar refractivity (Wildman–Crippen MR) is 174 cm³/mol. The highest BCUT2D eigenvalue weighted by Crippen LogP contribution is 2.23. The third-order valence-electron chi connectivity index (χ3n) is 7.78. The molecule has 47 heavy (non-hydrogen) atoms. The van der Waals surface area contributed by atoms with E-state index in [1.807, 2.05) is 13.8 Å². The SMILES string of the molecule is CC(C)C[C@H](NC(=O)[C@H](Cc1ccc(O)cc1)NC(=O)[C@@H](N)CCCN=C(N)N)C(=O)N1CCC[C@H]1CC(=O)N[C@H](C(=O)O)[C@@H](C)O. The molecule has 0 saturated carbocycles. The van der Waals surface area contributed by atoms with Crippen LogP contribution in [0.25, 0.3) is 0 Å². The van der Waals surface area contributed by atoms with Gasteiger partial charge in [0.2, 0.25) is 23.6 Å². The van der Waals surface area contributed by atoms with Gasteiger partial charge in [-0.1, -0.05) is 26.0 Å². The van der Waals surface area contributed by atoms with Gasteiger partial charge >= 0.3 is 5.97 Å². The number of hydrogen-bond acceptors (Lipinski definition) is 9. The van der Waals surface area contributed by atoms with Crippen molar-refractivity contribution in [2.75, 3.05) is 13.1 Å². The number of benzene rings is 1. The van der Waals surface area contributed by atoms with E-state index in [4.69, 9.17) is 17.2 Å². The lowest BCUT2D eigenvalue weighted by Crippen LogP contribution is -2.57. The van der Waals surface area contributed by atoms with E-state index in [1.165, 1.54) is 24.0 Å². The van der Waals surface area contributed by atoms with E-state index in [-0.39, 0.29) is 49.9 Å². The predicted octanol–water partition coefficient (Wildman–Crippen LogP) is -1.34. The van der Waals surface area contributed by atoms with Crippen molar-refractivity contribution in [3.05, 3.63) is 29.8 Å². The maximum absolute atomic E-state index is 13.9. The Labute approximate surface area is 274 Å². The first-order valence-electron chi connectivity index (χ1n) is 15.8. The Balaban J connectivity index is 2.21. The fourth-order valence-electron chi connectivity index (χ4n) is 5.34. The van der Waals surface area contributed by atoms with Crippen LogP contribution < -0.4 is 33.2 Å². The number of carbonyl (C=O) groups is 5. The number of aliphatic hydroxyl groups excluding tert-OH is 1. The number of nitrogens with zero attached hydrogens (tertiary/aromatic N) is 2. The Bertz CT molecular complexity index is 1250. The van der Waals surface area contributed by atoms with Gasteiger partial charge in [0, 0.05) is 32.0 Å². The Morgan fingerprint density at radius 2 is 1.64 bits per heavy atom. The molecule has 0 unspecified atom stereocenters. The Hall–Kier alpha value is -4.44. The number of nitrogens with one attached hydrogen (secondary N) is 3. The van der Waals surface area contributed by atoms with Crippen molar-refractivity contribution in [1.29, 1.82) is 0 Å². The number of hydrogen-bond donors (Lipinski definition) is 9. The van der Waals surface area contributed by atoms with Crippen molar-refractivity contribution >= 4 is 35.6 Å². The summed E-state index contributed by atoms with van der Waals surface area (Å²) in [5, 5.41) is 36.5. The number of amides is 4. The summed E-state index contributed by atoms with van der Waals surface area (Å²) in [7, 11) is 0. The van der Waals surface area contributed by atoms with Crippen LogP contribution in [-0.4, -0.2) is 105 Å². The molecule has 16 heteroatoms. The van der Waals surface area contributed by atoms with Gasteiger partial charge in [0.15, 0.2) is 12.0 Å². The molecule has 0 aliphatic carbocycles. The first-order chi connectivity index (χ1) is 22.1. The molecule has 1 aliphatic rings. The van der Waals surface area contributed by atoms with Crippen LogP contribution >= 0.6 is 0 Å². The number of nitrogens with two attached hydrogens (primary N) is 3. The second-order valence-electron chi connectivity index (χ2n) is 12.3. The number of aliphatic imine (C=N–C) groups is 1. The highest BCUT2D eigenvalue weighted by Gasteiger charge is 2.37. The van der Waals surface area contributed by atoms with Crippen LogP contribution in [0.15, 0.2) is 29.3 Å². The largest absolute Gasteiger partial charge is 0.508 e. The van der Waals surface area contributed by atoms with Gasteiger partial charge in [0.05, 0.1) is 12.1 Å². The maximum Gasteiger partial charge on any atom is 0.328 e. The quantitative estimate of drug-likeness (QED) is 0.0504. The molecule has 0 bridgehead atoms. The van der Waals surface area contributed by atoms with E-state index in [0.29, 0.717) is 31.4 Å². The van der Waals surface area contributed by atoms with Crippen LogP contribution in [-0.2, 0) is 30.4 Å². The second kappa shape index (κ2) is 18.6. The lowest BCUT2D eigenvalue weighted by molar-refractivity contribution is -0.145. The number of rotatable bonds is 18. The van der Waals surface area contributed by atoms with Crippen LogP contribution in [0.5, 0.6) is 5.75 Å². The van der Waals surface area contributed by atoms with Gasteiger partial charge in [-0.3, -0.25) is 24.2 Å². The van der Waals surface area contributed by atoms with Gasteiger partial charge in [-0.25, -0.2) is 4.79 Å². The molecule has 1 aromatic carbocycles. The Morgan fingerprint density at radius 3 is 2.21 bits per heavy atom. The number of aliphatic hydroxyl groups is 1. The zero-order valence-corrected chi connectivity index (χ0v) is 27.2. The van der Waals surface area contributed by atoms with Gasteiger partial charge in [-0.05, 0) is 62.6 Å². The molecule has 262 valence electrons. The number of phenolic OH excluding ortho intramolecular Hbond substituents is 1. The second-order valence-corrected chi connectivity index (χ2v) is 12.3. The summed E-state index contributed by atoms with van der Waals surface area (Å²) in [5.74, 6) is -3.67. The molecule has 1 heterocycles. The molecule has 0 spiro atoms. The van der Waals surface area contributed by atoms with Crippen molar-refractivity contribution in [2.45, 2.75) is 102 Å². The first-order valence-corrected chi connectivity index (χ1v) is 15.8. The van der Waals surface area contributed by atoms with Crippen LogP contribution in [0.1, 0.15) is 64.9 Å². The summed E-state index contributed by atoms with van der Waals surface area (Å²) >= 11 is 0. The Kier molecular flexibility index (Phi) is 15.4. The lowest BCUT2D eigenvalue weighted by atomic mass is 9.99. The topological polar surface area (TPSA) is 276 Å². The summed E-state index contributed by atoms with van der Waals surface area (Å²) in [4.78, 5) is 70.2. The number of guanidine groups is 1. The van der Waals surface area contributed by atoms with Gasteiger partial charge in [-0.2, -0.15) is 0 Å². The van der Waals surface area contributed by atoms with Crippen molar-refractivity contribution < 1.29 is 39.3 Å². The minimum absolute atomic E-state index is 0.0141. The van der Waals surface area contributed by atoms with Crippen molar-refractivity contribution in [3.8, 4) is 5.75 Å². The molecule has 1 aliphatic heterocycles. The minimum Gasteiger partial charge on any atom is -0.508 e. The third-order valence-corrected chi connectivity index (χ3v) is 7.78. The summed E-state index contributed by atoms with van der Waals surface area (Å²) in [6.07, 6.45) is 0.591. The summed E-state index contributed by atoms with van der Waals surface area (Å²) in [6.45, 7) is 5.65. The summed E-state index contributed by atoms with van der Waals surface area (Å²) < 4.78 is 0. The summed E-state index contributed by atoms with van der Waals surface area (Å²) in [6, 6.07) is 1.04. The Morgan fingerprint density at radius 1 is 1.00 bits per heavy atom. The maximum atomic E-state index is 13.9. The molecule has 16 nitrogen and oxygen atoms in total. The van der Waals surface area contributed by atoms with E-state index >= 15 is 0 Å². The molecule has 1 aromatic rings. The minimum atomic E-state index is -1.49. The molecule has 1 saturated heterocycles. The molecule has 4 amide bonds. The monoisotopic (exact) mass is 662 g/mol. The van der Waals surface area contributed by atoms with Gasteiger partial charge in [0.25, 0.3) is 0 Å². The normalized spacial score (nSPS) is 17.6. The van der Waals surface area contributed by atoms with Crippen LogP contribution in [0.4, 0.5) is 0 Å². The van der Waals surface area contributed by atoms with E-state index in [0.717, 1.165) is 0 Å². The highest BCUT2D eigenvalue weighted by molar-refractivity contribution is 5.93. The van der Waals surface area contributed by atoms with E-state index < -0.39 is 65.9 Å². The number of aromatic hydroxyl groups is 1. The van der Waals surface area contributed by atoms with Gasteiger partial charge in [-0.15, -0.1) is 0 Å². The van der Waals surface area contributed by atoms with Gasteiger partial charge in [0.1, 0.15) is 17.8 Å². The third kappa shape index (κ3) is 13.1. The molecule has 6 atom stereocenters. The lowest BCUT2D eigenvalue weighted by Gasteiger charge is -2.31. The number of carbonyl (C=O) groups excluding carboxylic acids is 4. The van der Waals surface area contributed by atoms with E-state index in [9.17, 15) is 39.3 Å². The molecule has 0 aromatic heterocycles. The van der Waals surface area contributed by atoms with Crippen molar-refractivity contribution in [2.24, 2.45) is 28.1 Å². The average Bonchev–Trinajstić information content (AvgIpc) is 3.45. The molecular weight excluding hydrogens is 612 g/mol. The number of carboxylic acids is 1. The zero-order valence-electron chi connectivity index (χ0n) is 27.2. The van der Waals surface area contributed by atoms with Crippen molar-refractivity contribution in [3.63, 3.8) is 0 Å². The first kappa shape index (κ1) is 38.7.